The molecule has 1 N–H and O–H groups in total. The second-order valence-corrected chi connectivity index (χ2v) is 5.34. The van der Waals surface area contributed by atoms with Crippen molar-refractivity contribution in [3.63, 3.8) is 0 Å². The fourth-order valence-corrected chi connectivity index (χ4v) is 2.49. The van der Waals surface area contributed by atoms with E-state index >= 15 is 0 Å². The molecule has 0 atom stereocenters. The molecule has 4 nitrogen and oxygen atoms in total. The number of alkyl halides is 3. The van der Waals surface area contributed by atoms with Crippen LogP contribution < -0.4 is 5.32 Å². The molecule has 0 saturated carbocycles. The molecule has 0 radical (unpaired) electrons. The lowest BCUT2D eigenvalue weighted by Crippen LogP contribution is -2.20. The van der Waals surface area contributed by atoms with Crippen molar-refractivity contribution in [1.82, 2.24) is 14.7 Å². The zero-order chi connectivity index (χ0) is 18.0. The standard InChI is InChI=1S/C18H14F3N3O/c1-2-16(25)22-11-14-15-5-3-4-10-24(15)17(23-14)12-6-8-13(9-7-12)18(19,20)21/h2-10H,1,11H2,(H,22,25). The van der Waals surface area contributed by atoms with E-state index in [9.17, 15) is 18.0 Å². The Hall–Kier alpha value is -3.09. The van der Waals surface area contributed by atoms with Crippen molar-refractivity contribution in [2.75, 3.05) is 0 Å². The number of rotatable bonds is 4. The first-order chi connectivity index (χ1) is 11.9. The Labute approximate surface area is 141 Å². The molecule has 128 valence electrons. The van der Waals surface area contributed by atoms with E-state index in [4.69, 9.17) is 0 Å². The summed E-state index contributed by atoms with van der Waals surface area (Å²) in [7, 11) is 0. The average molecular weight is 345 g/mol. The first kappa shape index (κ1) is 16.8. The summed E-state index contributed by atoms with van der Waals surface area (Å²) in [4.78, 5) is 15.8. The highest BCUT2D eigenvalue weighted by Gasteiger charge is 2.30. The summed E-state index contributed by atoms with van der Waals surface area (Å²) in [5.41, 5.74) is 1.22. The summed E-state index contributed by atoms with van der Waals surface area (Å²) in [5, 5.41) is 2.65. The van der Waals surface area contributed by atoms with Gasteiger partial charge < -0.3 is 5.32 Å². The summed E-state index contributed by atoms with van der Waals surface area (Å²) in [6.45, 7) is 3.58. The number of aromatic nitrogens is 2. The van der Waals surface area contributed by atoms with E-state index in [1.54, 1.807) is 16.7 Å². The first-order valence-electron chi connectivity index (χ1n) is 7.44. The second-order valence-electron chi connectivity index (χ2n) is 5.34. The van der Waals surface area contributed by atoms with Crippen LogP contribution in [-0.2, 0) is 17.5 Å². The van der Waals surface area contributed by atoms with Crippen LogP contribution in [0.5, 0.6) is 0 Å². The number of carbonyl (C=O) groups is 1. The lowest BCUT2D eigenvalue weighted by molar-refractivity contribution is -0.137. The lowest BCUT2D eigenvalue weighted by Gasteiger charge is -2.07. The molecule has 0 bridgehead atoms. The lowest BCUT2D eigenvalue weighted by atomic mass is 10.1. The number of amides is 1. The molecule has 1 aromatic carbocycles. The Balaban J connectivity index is 2.01. The van der Waals surface area contributed by atoms with Gasteiger partial charge in [0.05, 0.1) is 23.3 Å². The van der Waals surface area contributed by atoms with Gasteiger partial charge in [-0.25, -0.2) is 4.98 Å². The second kappa shape index (κ2) is 6.43. The molecule has 3 aromatic rings. The molecular formula is C18H14F3N3O. The van der Waals surface area contributed by atoms with E-state index in [-0.39, 0.29) is 12.5 Å². The van der Waals surface area contributed by atoms with E-state index in [2.05, 4.69) is 16.9 Å². The van der Waals surface area contributed by atoms with Crippen LogP contribution in [0.15, 0.2) is 61.3 Å². The molecule has 0 unspecified atom stereocenters. The molecule has 7 heteroatoms. The summed E-state index contributed by atoms with van der Waals surface area (Å²) in [6, 6.07) is 10.3. The minimum absolute atomic E-state index is 0.193. The van der Waals surface area contributed by atoms with Gasteiger partial charge in [0.25, 0.3) is 0 Å². The summed E-state index contributed by atoms with van der Waals surface area (Å²) >= 11 is 0. The quantitative estimate of drug-likeness (QED) is 0.731. The van der Waals surface area contributed by atoms with Gasteiger partial charge in [0.2, 0.25) is 5.91 Å². The number of hydrogen-bond donors (Lipinski definition) is 1. The molecular weight excluding hydrogens is 331 g/mol. The van der Waals surface area contributed by atoms with Gasteiger partial charge in [0.15, 0.2) is 0 Å². The molecule has 0 fully saturated rings. The third kappa shape index (κ3) is 3.40. The predicted molar refractivity (Wildman–Crippen MR) is 87.7 cm³/mol. The highest BCUT2D eigenvalue weighted by molar-refractivity contribution is 5.86. The van der Waals surface area contributed by atoms with Crippen molar-refractivity contribution in [2.45, 2.75) is 12.7 Å². The Bertz CT molecular complexity index is 927. The first-order valence-corrected chi connectivity index (χ1v) is 7.44. The van der Waals surface area contributed by atoms with Crippen LogP contribution in [0.3, 0.4) is 0 Å². The molecule has 3 rings (SSSR count). The van der Waals surface area contributed by atoms with Gasteiger partial charge in [-0.05, 0) is 30.3 Å². The maximum atomic E-state index is 12.7. The van der Waals surface area contributed by atoms with Crippen molar-refractivity contribution in [3.05, 3.63) is 72.6 Å². The molecule has 0 spiro atoms. The maximum absolute atomic E-state index is 12.7. The Morgan fingerprint density at radius 3 is 2.56 bits per heavy atom. The van der Waals surface area contributed by atoms with Crippen molar-refractivity contribution < 1.29 is 18.0 Å². The molecule has 2 heterocycles. The van der Waals surface area contributed by atoms with E-state index in [1.165, 1.54) is 12.1 Å². The van der Waals surface area contributed by atoms with Crippen LogP contribution in [0.2, 0.25) is 0 Å². The molecule has 0 aliphatic heterocycles. The van der Waals surface area contributed by atoms with Gasteiger partial charge in [-0.1, -0.05) is 24.8 Å². The molecule has 0 aliphatic rings. The minimum atomic E-state index is -4.38. The number of carbonyl (C=O) groups excluding carboxylic acids is 1. The van der Waals surface area contributed by atoms with Crippen LogP contribution in [0.25, 0.3) is 16.9 Å². The Kier molecular flexibility index (Phi) is 4.31. The van der Waals surface area contributed by atoms with Gasteiger partial charge in [-0.15, -0.1) is 0 Å². The third-order valence-corrected chi connectivity index (χ3v) is 3.71. The van der Waals surface area contributed by atoms with Gasteiger partial charge >= 0.3 is 6.18 Å². The van der Waals surface area contributed by atoms with E-state index < -0.39 is 11.7 Å². The number of benzene rings is 1. The SMILES string of the molecule is C=CC(=O)NCc1nc(-c2ccc(C(F)(F)F)cc2)n2ccccc12. The van der Waals surface area contributed by atoms with Crippen molar-refractivity contribution in [2.24, 2.45) is 0 Å². The predicted octanol–water partition coefficient (Wildman–Crippen LogP) is 3.82. The van der Waals surface area contributed by atoms with E-state index in [0.29, 0.717) is 17.1 Å². The van der Waals surface area contributed by atoms with Crippen molar-refractivity contribution in [3.8, 4) is 11.4 Å². The largest absolute Gasteiger partial charge is 0.416 e. The topological polar surface area (TPSA) is 46.4 Å². The van der Waals surface area contributed by atoms with Crippen LogP contribution in [0.1, 0.15) is 11.3 Å². The Morgan fingerprint density at radius 2 is 1.92 bits per heavy atom. The number of nitrogens with one attached hydrogen (secondary N) is 1. The maximum Gasteiger partial charge on any atom is 0.416 e. The molecule has 1 amide bonds. The average Bonchev–Trinajstić information content (AvgIpc) is 2.98. The zero-order valence-corrected chi connectivity index (χ0v) is 13.0. The molecule has 2 aromatic heterocycles. The Morgan fingerprint density at radius 1 is 1.20 bits per heavy atom. The van der Waals surface area contributed by atoms with Gasteiger partial charge in [-0.3, -0.25) is 9.20 Å². The van der Waals surface area contributed by atoms with E-state index in [1.807, 2.05) is 12.1 Å². The monoisotopic (exact) mass is 345 g/mol. The van der Waals surface area contributed by atoms with Crippen LogP contribution in [0, 0.1) is 0 Å². The van der Waals surface area contributed by atoms with Crippen molar-refractivity contribution >= 4 is 11.4 Å². The number of halogens is 3. The molecule has 0 aliphatic carbocycles. The van der Waals surface area contributed by atoms with Crippen LogP contribution >= 0.6 is 0 Å². The number of imidazole rings is 1. The summed E-state index contributed by atoms with van der Waals surface area (Å²) < 4.78 is 39.9. The van der Waals surface area contributed by atoms with Gasteiger partial charge in [-0.2, -0.15) is 13.2 Å². The highest BCUT2D eigenvalue weighted by atomic mass is 19.4. The van der Waals surface area contributed by atoms with Gasteiger partial charge in [0.1, 0.15) is 5.82 Å². The normalized spacial score (nSPS) is 11.5. The molecule has 25 heavy (non-hydrogen) atoms. The fourth-order valence-electron chi connectivity index (χ4n) is 2.49. The number of nitrogens with zero attached hydrogens (tertiary/aromatic N) is 2. The van der Waals surface area contributed by atoms with Crippen LogP contribution in [-0.4, -0.2) is 15.3 Å². The summed E-state index contributed by atoms with van der Waals surface area (Å²) in [5.74, 6) is 0.181. The summed E-state index contributed by atoms with van der Waals surface area (Å²) in [6.07, 6.45) is -1.45. The van der Waals surface area contributed by atoms with Gasteiger partial charge in [0, 0.05) is 11.8 Å². The number of fused-ring (bicyclic) bond motifs is 1. The minimum Gasteiger partial charge on any atom is -0.347 e. The molecule has 0 saturated heterocycles. The fraction of sp³-hybridized carbons (Fsp3) is 0.111. The van der Waals surface area contributed by atoms with E-state index in [0.717, 1.165) is 23.7 Å². The zero-order valence-electron chi connectivity index (χ0n) is 13.0. The van der Waals surface area contributed by atoms with Crippen molar-refractivity contribution in [1.29, 1.82) is 0 Å². The third-order valence-electron chi connectivity index (χ3n) is 3.71. The highest BCUT2D eigenvalue weighted by Crippen LogP contribution is 2.31. The number of pyridine rings is 1. The number of hydrogen-bond acceptors (Lipinski definition) is 2. The van der Waals surface area contributed by atoms with Crippen LogP contribution in [0.4, 0.5) is 13.2 Å². The smallest absolute Gasteiger partial charge is 0.347 e.